The highest BCUT2D eigenvalue weighted by Crippen LogP contribution is 2.35. The number of esters is 1. The van der Waals surface area contributed by atoms with E-state index in [1.807, 2.05) is 6.92 Å². The van der Waals surface area contributed by atoms with Crippen molar-refractivity contribution in [2.75, 3.05) is 25.7 Å². The molecule has 0 aliphatic carbocycles. The maximum atomic E-state index is 13.1. The van der Waals surface area contributed by atoms with Crippen LogP contribution in [-0.2, 0) is 14.3 Å². The zero-order valence-corrected chi connectivity index (χ0v) is 19.7. The van der Waals surface area contributed by atoms with E-state index in [1.165, 1.54) is 44.6 Å². The van der Waals surface area contributed by atoms with E-state index in [9.17, 15) is 19.2 Å². The summed E-state index contributed by atoms with van der Waals surface area (Å²) in [5.41, 5.74) is 0.657. The molecule has 4 amide bonds. The first-order chi connectivity index (χ1) is 15.8. The Hall–Kier alpha value is -3.66. The van der Waals surface area contributed by atoms with E-state index < -0.39 is 23.8 Å². The number of hydrogen-bond acceptors (Lipinski definition) is 7. The number of rotatable bonds is 7. The van der Waals surface area contributed by atoms with Gasteiger partial charge < -0.3 is 14.2 Å². The molecule has 33 heavy (non-hydrogen) atoms. The number of hydrogen-bond donors (Lipinski definition) is 1. The van der Waals surface area contributed by atoms with E-state index in [0.29, 0.717) is 28.1 Å². The Kier molecular flexibility index (Phi) is 7.49. The van der Waals surface area contributed by atoms with Crippen molar-refractivity contribution in [3.8, 4) is 11.5 Å². The van der Waals surface area contributed by atoms with Crippen LogP contribution in [0.15, 0.2) is 46.4 Å². The third kappa shape index (κ3) is 5.06. The number of carbonyl (C=O) groups excluding carboxylic acids is 4. The van der Waals surface area contributed by atoms with Gasteiger partial charge in [0.15, 0.2) is 11.5 Å². The summed E-state index contributed by atoms with van der Waals surface area (Å²) in [5.74, 6) is -1.27. The first-order valence-corrected chi connectivity index (χ1v) is 10.7. The molecule has 0 bridgehead atoms. The highest BCUT2D eigenvalue weighted by atomic mass is 79.9. The van der Waals surface area contributed by atoms with Crippen LogP contribution in [0.3, 0.4) is 0 Å². The molecule has 1 saturated heterocycles. The fourth-order valence-corrected chi connectivity index (χ4v) is 3.49. The van der Waals surface area contributed by atoms with E-state index in [1.54, 1.807) is 12.1 Å². The van der Waals surface area contributed by atoms with Gasteiger partial charge in [0.05, 0.1) is 32.1 Å². The Bertz CT molecular complexity index is 1140. The Labute approximate surface area is 198 Å². The van der Waals surface area contributed by atoms with Gasteiger partial charge in [0, 0.05) is 4.47 Å². The van der Waals surface area contributed by atoms with Crippen molar-refractivity contribution in [3.63, 3.8) is 0 Å². The zero-order valence-electron chi connectivity index (χ0n) is 18.1. The van der Waals surface area contributed by atoms with Gasteiger partial charge >= 0.3 is 12.0 Å². The van der Waals surface area contributed by atoms with E-state index in [4.69, 9.17) is 9.47 Å². The second kappa shape index (κ2) is 10.3. The third-order valence-electron chi connectivity index (χ3n) is 4.69. The van der Waals surface area contributed by atoms with Crippen LogP contribution in [0.4, 0.5) is 10.5 Å². The number of anilines is 1. The molecule has 1 fully saturated rings. The van der Waals surface area contributed by atoms with E-state index in [2.05, 4.69) is 26.0 Å². The molecular formula is C23H21BrN2O7. The largest absolute Gasteiger partial charge is 0.493 e. The van der Waals surface area contributed by atoms with Crippen molar-refractivity contribution in [1.82, 2.24) is 5.32 Å². The van der Waals surface area contributed by atoms with Crippen molar-refractivity contribution >= 4 is 51.5 Å². The van der Waals surface area contributed by atoms with Crippen LogP contribution in [0.1, 0.15) is 29.3 Å². The molecule has 9 nitrogen and oxygen atoms in total. The summed E-state index contributed by atoms with van der Waals surface area (Å²) in [6, 6.07) is 8.06. The standard InChI is InChI=1S/C23H21BrN2O7/c1-4-9-33-19-12-17(24)14(11-18(19)31-2)10-16-20(27)25-23(30)26(21(16)28)15-7-5-13(6-8-15)22(29)32-3/h5-8,10-12H,4,9H2,1-3H3,(H,25,27,30)/b16-10-. The van der Waals surface area contributed by atoms with Crippen molar-refractivity contribution in [2.45, 2.75) is 13.3 Å². The van der Waals surface area contributed by atoms with Crippen LogP contribution >= 0.6 is 15.9 Å². The summed E-state index contributed by atoms with van der Waals surface area (Å²) in [7, 11) is 2.73. The maximum Gasteiger partial charge on any atom is 0.337 e. The lowest BCUT2D eigenvalue weighted by Crippen LogP contribution is -2.54. The molecule has 0 aromatic heterocycles. The number of benzene rings is 2. The highest BCUT2D eigenvalue weighted by Gasteiger charge is 2.37. The molecular weight excluding hydrogens is 496 g/mol. The topological polar surface area (TPSA) is 111 Å². The molecule has 0 saturated carbocycles. The van der Waals surface area contributed by atoms with Crippen LogP contribution in [0, 0.1) is 0 Å². The van der Waals surface area contributed by atoms with Crippen LogP contribution in [0.5, 0.6) is 11.5 Å². The third-order valence-corrected chi connectivity index (χ3v) is 5.38. The molecule has 0 atom stereocenters. The van der Waals surface area contributed by atoms with Crippen LogP contribution in [0.25, 0.3) is 6.08 Å². The molecule has 1 aliphatic rings. The quantitative estimate of drug-likeness (QED) is 0.339. The van der Waals surface area contributed by atoms with Gasteiger partial charge in [-0.1, -0.05) is 22.9 Å². The zero-order chi connectivity index (χ0) is 24.1. The second-order valence-corrected chi connectivity index (χ2v) is 7.72. The molecule has 3 rings (SSSR count). The van der Waals surface area contributed by atoms with Gasteiger partial charge in [-0.25, -0.2) is 14.5 Å². The lowest BCUT2D eigenvalue weighted by molar-refractivity contribution is -0.122. The molecule has 10 heteroatoms. The highest BCUT2D eigenvalue weighted by molar-refractivity contribution is 9.10. The van der Waals surface area contributed by atoms with Crippen molar-refractivity contribution in [1.29, 1.82) is 0 Å². The molecule has 1 N–H and O–H groups in total. The predicted molar refractivity (Wildman–Crippen MR) is 123 cm³/mol. The molecule has 0 radical (unpaired) electrons. The van der Waals surface area contributed by atoms with Crippen LogP contribution in [0.2, 0.25) is 0 Å². The molecule has 0 unspecified atom stereocenters. The Balaban J connectivity index is 1.98. The summed E-state index contributed by atoms with van der Waals surface area (Å²) in [6.45, 7) is 2.47. The molecule has 1 aliphatic heterocycles. The summed E-state index contributed by atoms with van der Waals surface area (Å²) >= 11 is 3.42. The number of carbonyl (C=O) groups is 4. The number of nitrogens with one attached hydrogen (secondary N) is 1. The van der Waals surface area contributed by atoms with Crippen molar-refractivity contribution < 1.29 is 33.4 Å². The van der Waals surface area contributed by atoms with Gasteiger partial charge in [-0.3, -0.25) is 14.9 Å². The Morgan fingerprint density at radius 1 is 1.09 bits per heavy atom. The second-order valence-electron chi connectivity index (χ2n) is 6.87. The van der Waals surface area contributed by atoms with Gasteiger partial charge in [-0.05, 0) is 54.5 Å². The lowest BCUT2D eigenvalue weighted by atomic mass is 10.1. The molecule has 172 valence electrons. The lowest BCUT2D eigenvalue weighted by Gasteiger charge is -2.26. The number of ether oxygens (including phenoxy) is 3. The smallest absolute Gasteiger partial charge is 0.337 e. The minimum Gasteiger partial charge on any atom is -0.493 e. The minimum atomic E-state index is -0.895. The van der Waals surface area contributed by atoms with Gasteiger partial charge in [0.1, 0.15) is 5.57 Å². The molecule has 2 aromatic rings. The van der Waals surface area contributed by atoms with Gasteiger partial charge in [0.2, 0.25) is 0 Å². The molecule has 1 heterocycles. The monoisotopic (exact) mass is 516 g/mol. The van der Waals surface area contributed by atoms with Crippen LogP contribution < -0.4 is 19.7 Å². The molecule has 0 spiro atoms. The average Bonchev–Trinajstić information content (AvgIpc) is 2.81. The maximum absolute atomic E-state index is 13.1. The number of nitrogens with zero attached hydrogens (tertiary/aromatic N) is 1. The van der Waals surface area contributed by atoms with E-state index >= 15 is 0 Å². The number of methoxy groups -OCH3 is 2. The van der Waals surface area contributed by atoms with Gasteiger partial charge in [-0.15, -0.1) is 0 Å². The Morgan fingerprint density at radius 2 is 1.79 bits per heavy atom. The predicted octanol–water partition coefficient (Wildman–Crippen LogP) is 3.70. The number of barbiturate groups is 1. The fourth-order valence-electron chi connectivity index (χ4n) is 3.06. The average molecular weight is 517 g/mol. The van der Waals surface area contributed by atoms with E-state index in [0.717, 1.165) is 11.3 Å². The first-order valence-electron chi connectivity index (χ1n) is 9.90. The normalized spacial score (nSPS) is 14.8. The summed E-state index contributed by atoms with van der Waals surface area (Å²) < 4.78 is 16.2. The van der Waals surface area contributed by atoms with Crippen molar-refractivity contribution in [2.24, 2.45) is 0 Å². The summed E-state index contributed by atoms with van der Waals surface area (Å²) in [4.78, 5) is 50.4. The Morgan fingerprint density at radius 3 is 2.39 bits per heavy atom. The van der Waals surface area contributed by atoms with Gasteiger partial charge in [-0.2, -0.15) is 0 Å². The summed E-state index contributed by atoms with van der Waals surface area (Å²) in [5, 5.41) is 2.16. The summed E-state index contributed by atoms with van der Waals surface area (Å²) in [6.07, 6.45) is 2.17. The number of halogens is 1. The number of urea groups is 1. The number of imide groups is 2. The van der Waals surface area contributed by atoms with Crippen molar-refractivity contribution in [3.05, 3.63) is 57.6 Å². The first kappa shape index (κ1) is 24.0. The fraction of sp³-hybridized carbons (Fsp3) is 0.217. The minimum absolute atomic E-state index is 0.184. The van der Waals surface area contributed by atoms with Gasteiger partial charge in [0.25, 0.3) is 11.8 Å². The number of amides is 4. The SMILES string of the molecule is CCCOc1cc(Br)c(/C=C2/C(=O)NC(=O)N(c3ccc(C(=O)OC)cc3)C2=O)cc1OC. The molecule has 2 aromatic carbocycles. The van der Waals surface area contributed by atoms with E-state index in [-0.39, 0.29) is 16.8 Å². The van der Waals surface area contributed by atoms with Crippen LogP contribution in [-0.4, -0.2) is 44.6 Å².